The summed E-state index contributed by atoms with van der Waals surface area (Å²) in [5, 5.41) is 10.1. The van der Waals surface area contributed by atoms with E-state index in [1.807, 2.05) is 6.07 Å². The van der Waals surface area contributed by atoms with Crippen LogP contribution in [0.2, 0.25) is 0 Å². The lowest BCUT2D eigenvalue weighted by molar-refractivity contribution is 0.133. The van der Waals surface area contributed by atoms with Crippen molar-refractivity contribution in [2.45, 2.75) is 44.4 Å². The zero-order valence-electron chi connectivity index (χ0n) is 9.33. The van der Waals surface area contributed by atoms with Crippen molar-refractivity contribution in [2.24, 2.45) is 5.73 Å². The van der Waals surface area contributed by atoms with E-state index in [2.05, 4.69) is 0 Å². The molecule has 1 aliphatic heterocycles. The lowest BCUT2D eigenvalue weighted by Gasteiger charge is -2.27. The van der Waals surface area contributed by atoms with Crippen molar-refractivity contribution in [3.8, 4) is 5.75 Å². The number of phenols is 1. The summed E-state index contributed by atoms with van der Waals surface area (Å²) in [4.78, 5) is 0. The fourth-order valence-electron chi connectivity index (χ4n) is 3.05. The summed E-state index contributed by atoms with van der Waals surface area (Å²) in [7, 11) is 0. The Morgan fingerprint density at radius 1 is 1.19 bits per heavy atom. The summed E-state index contributed by atoms with van der Waals surface area (Å²) in [6.07, 6.45) is 4.24. The van der Waals surface area contributed by atoms with Gasteiger partial charge in [0.15, 0.2) is 0 Å². The first-order chi connectivity index (χ1) is 7.71. The second-order valence-electron chi connectivity index (χ2n) is 4.95. The van der Waals surface area contributed by atoms with Gasteiger partial charge in [-0.2, -0.15) is 0 Å². The Morgan fingerprint density at radius 3 is 2.69 bits per heavy atom. The average Bonchev–Trinajstić information content (AvgIpc) is 2.86. The van der Waals surface area contributed by atoms with Gasteiger partial charge < -0.3 is 15.6 Å². The van der Waals surface area contributed by atoms with Gasteiger partial charge in [-0.3, -0.25) is 0 Å². The third-order valence-corrected chi connectivity index (χ3v) is 3.89. The fraction of sp³-hybridized carbons (Fsp3) is 0.538. The predicted octanol–water partition coefficient (Wildman–Crippen LogP) is 2.15. The van der Waals surface area contributed by atoms with Crippen molar-refractivity contribution in [3.63, 3.8) is 0 Å². The highest BCUT2D eigenvalue weighted by molar-refractivity contribution is 5.49. The molecular formula is C13H17NO2. The van der Waals surface area contributed by atoms with Gasteiger partial charge >= 0.3 is 0 Å². The minimum atomic E-state index is -0.330. The van der Waals surface area contributed by atoms with Gasteiger partial charge in [-0.25, -0.2) is 0 Å². The molecule has 86 valence electrons. The molecule has 0 spiro atoms. The first kappa shape index (κ1) is 10.1. The standard InChI is InChI=1S/C13H17NO2/c14-13(5-1-2-6-13)12-10-8-16-7-9(10)3-4-11(12)15/h3-4,15H,1-2,5-8,14H2. The largest absolute Gasteiger partial charge is 0.508 e. The number of hydrogen-bond acceptors (Lipinski definition) is 3. The maximum absolute atomic E-state index is 10.1. The SMILES string of the molecule is NC1(c2c(O)ccc3c2COC3)CCCC1. The number of benzene rings is 1. The third-order valence-electron chi connectivity index (χ3n) is 3.89. The molecule has 0 radical (unpaired) electrons. The van der Waals surface area contributed by atoms with Gasteiger partial charge in [0.25, 0.3) is 0 Å². The number of ether oxygens (including phenoxy) is 1. The van der Waals surface area contributed by atoms with Crippen molar-refractivity contribution in [1.82, 2.24) is 0 Å². The molecule has 1 aliphatic carbocycles. The number of hydrogen-bond donors (Lipinski definition) is 2. The zero-order chi connectivity index (χ0) is 11.2. The van der Waals surface area contributed by atoms with E-state index in [0.717, 1.165) is 36.8 Å². The van der Waals surface area contributed by atoms with Crippen LogP contribution in [0.25, 0.3) is 0 Å². The van der Waals surface area contributed by atoms with Crippen molar-refractivity contribution >= 4 is 0 Å². The lowest BCUT2D eigenvalue weighted by Crippen LogP contribution is -2.34. The van der Waals surface area contributed by atoms with Crippen LogP contribution in [-0.2, 0) is 23.5 Å². The van der Waals surface area contributed by atoms with Gasteiger partial charge in [0.2, 0.25) is 0 Å². The van der Waals surface area contributed by atoms with E-state index in [-0.39, 0.29) is 5.54 Å². The monoisotopic (exact) mass is 219 g/mol. The van der Waals surface area contributed by atoms with Gasteiger partial charge in [0.1, 0.15) is 5.75 Å². The Bertz CT molecular complexity index is 422. The molecule has 0 amide bonds. The molecule has 3 N–H and O–H groups in total. The van der Waals surface area contributed by atoms with Crippen LogP contribution < -0.4 is 5.73 Å². The van der Waals surface area contributed by atoms with Crippen LogP contribution in [0.5, 0.6) is 5.75 Å². The highest BCUT2D eigenvalue weighted by Crippen LogP contribution is 2.44. The summed E-state index contributed by atoms with van der Waals surface area (Å²) in [6, 6.07) is 3.70. The van der Waals surface area contributed by atoms with E-state index in [9.17, 15) is 5.11 Å². The van der Waals surface area contributed by atoms with E-state index in [1.54, 1.807) is 6.07 Å². The molecule has 0 atom stereocenters. The quantitative estimate of drug-likeness (QED) is 0.761. The van der Waals surface area contributed by atoms with Crippen molar-refractivity contribution in [1.29, 1.82) is 0 Å². The van der Waals surface area contributed by atoms with Crippen LogP contribution in [-0.4, -0.2) is 5.11 Å². The summed E-state index contributed by atoms with van der Waals surface area (Å²) in [5.74, 6) is 0.341. The van der Waals surface area contributed by atoms with Crippen LogP contribution in [0.3, 0.4) is 0 Å². The molecule has 3 heteroatoms. The average molecular weight is 219 g/mol. The molecule has 0 aromatic heterocycles. The summed E-state index contributed by atoms with van der Waals surface area (Å²) in [6.45, 7) is 1.25. The van der Waals surface area contributed by atoms with E-state index in [4.69, 9.17) is 10.5 Å². The van der Waals surface area contributed by atoms with Crippen LogP contribution in [0.15, 0.2) is 12.1 Å². The Balaban J connectivity index is 2.15. The van der Waals surface area contributed by atoms with Gasteiger partial charge in [0.05, 0.1) is 13.2 Å². The molecule has 3 nitrogen and oxygen atoms in total. The molecular weight excluding hydrogens is 202 g/mol. The Kier molecular flexibility index (Phi) is 2.19. The first-order valence-corrected chi connectivity index (χ1v) is 5.91. The van der Waals surface area contributed by atoms with Gasteiger partial charge in [0, 0.05) is 11.1 Å². The molecule has 2 aliphatic rings. The molecule has 0 saturated heterocycles. The van der Waals surface area contributed by atoms with E-state index in [1.165, 1.54) is 5.56 Å². The highest BCUT2D eigenvalue weighted by Gasteiger charge is 2.37. The van der Waals surface area contributed by atoms with Crippen molar-refractivity contribution in [2.75, 3.05) is 0 Å². The van der Waals surface area contributed by atoms with Crippen LogP contribution in [0.1, 0.15) is 42.4 Å². The summed E-state index contributed by atoms with van der Waals surface area (Å²) in [5.41, 5.74) is 9.37. The summed E-state index contributed by atoms with van der Waals surface area (Å²) < 4.78 is 5.45. The normalized spacial score (nSPS) is 22.3. The van der Waals surface area contributed by atoms with E-state index < -0.39 is 0 Å². The lowest BCUT2D eigenvalue weighted by atomic mass is 9.84. The minimum absolute atomic E-state index is 0.330. The number of aromatic hydroxyl groups is 1. The van der Waals surface area contributed by atoms with Gasteiger partial charge in [-0.15, -0.1) is 0 Å². The number of nitrogens with two attached hydrogens (primary N) is 1. The van der Waals surface area contributed by atoms with Crippen molar-refractivity contribution in [3.05, 3.63) is 28.8 Å². The molecule has 0 unspecified atom stereocenters. The minimum Gasteiger partial charge on any atom is -0.508 e. The fourth-order valence-corrected chi connectivity index (χ4v) is 3.05. The topological polar surface area (TPSA) is 55.5 Å². The Labute approximate surface area is 95.2 Å². The Morgan fingerprint density at radius 2 is 1.94 bits per heavy atom. The van der Waals surface area contributed by atoms with Gasteiger partial charge in [-0.1, -0.05) is 18.9 Å². The molecule has 0 bridgehead atoms. The zero-order valence-corrected chi connectivity index (χ0v) is 9.33. The smallest absolute Gasteiger partial charge is 0.121 e. The predicted molar refractivity (Wildman–Crippen MR) is 60.9 cm³/mol. The molecule has 1 saturated carbocycles. The molecule has 1 aromatic rings. The number of phenolic OH excluding ortho intramolecular Hbond substituents is 1. The maximum atomic E-state index is 10.1. The first-order valence-electron chi connectivity index (χ1n) is 5.91. The summed E-state index contributed by atoms with van der Waals surface area (Å²) >= 11 is 0. The van der Waals surface area contributed by atoms with E-state index in [0.29, 0.717) is 19.0 Å². The highest BCUT2D eigenvalue weighted by atomic mass is 16.5. The van der Waals surface area contributed by atoms with Gasteiger partial charge in [-0.05, 0) is 30.0 Å². The van der Waals surface area contributed by atoms with Crippen LogP contribution >= 0.6 is 0 Å². The molecule has 1 fully saturated rings. The second kappa shape index (κ2) is 3.47. The number of rotatable bonds is 1. The maximum Gasteiger partial charge on any atom is 0.121 e. The second-order valence-corrected chi connectivity index (χ2v) is 4.95. The van der Waals surface area contributed by atoms with Crippen molar-refractivity contribution < 1.29 is 9.84 Å². The molecule has 3 rings (SSSR count). The van der Waals surface area contributed by atoms with Crippen LogP contribution in [0, 0.1) is 0 Å². The molecule has 16 heavy (non-hydrogen) atoms. The van der Waals surface area contributed by atoms with E-state index >= 15 is 0 Å². The molecule has 1 aromatic carbocycles. The third kappa shape index (κ3) is 1.35. The Hall–Kier alpha value is -1.06. The number of fused-ring (bicyclic) bond motifs is 1. The van der Waals surface area contributed by atoms with Crippen LogP contribution in [0.4, 0.5) is 0 Å². The molecule has 1 heterocycles.